The lowest BCUT2D eigenvalue weighted by atomic mass is 10.1. The van der Waals surface area contributed by atoms with Crippen molar-refractivity contribution in [2.75, 3.05) is 12.3 Å². The van der Waals surface area contributed by atoms with Crippen LogP contribution in [0.4, 0.5) is 13.2 Å². The fourth-order valence-electron chi connectivity index (χ4n) is 2.96. The Kier molecular flexibility index (Phi) is 7.33. The molecule has 0 saturated heterocycles. The molecule has 0 fully saturated rings. The smallest absolute Gasteiger partial charge is 0.338 e. The van der Waals surface area contributed by atoms with Gasteiger partial charge in [0.05, 0.1) is 11.3 Å². The van der Waals surface area contributed by atoms with E-state index in [2.05, 4.69) is 9.97 Å². The first-order valence-corrected chi connectivity index (χ1v) is 10.7. The van der Waals surface area contributed by atoms with E-state index in [4.69, 9.17) is 0 Å². The van der Waals surface area contributed by atoms with Crippen molar-refractivity contribution in [1.29, 1.82) is 0 Å². The highest BCUT2D eigenvalue weighted by molar-refractivity contribution is 7.99. The Morgan fingerprint density at radius 3 is 2.32 bits per heavy atom. The second kappa shape index (κ2) is 9.96. The number of benzene rings is 2. The van der Waals surface area contributed by atoms with Crippen molar-refractivity contribution >= 4 is 17.7 Å². The third-order valence-electron chi connectivity index (χ3n) is 4.60. The molecular weight excluding hydrogens is 423 g/mol. The van der Waals surface area contributed by atoms with Crippen molar-refractivity contribution in [3.05, 3.63) is 77.5 Å². The summed E-state index contributed by atoms with van der Waals surface area (Å²) in [5.41, 5.74) is 1.51. The summed E-state index contributed by atoms with van der Waals surface area (Å²) in [6.45, 7) is 4.85. The Morgan fingerprint density at radius 1 is 1.03 bits per heavy atom. The van der Waals surface area contributed by atoms with Crippen LogP contribution in [-0.4, -0.2) is 33.1 Å². The van der Waals surface area contributed by atoms with E-state index >= 15 is 0 Å². The number of aryl methyl sites for hydroxylation is 1. The molecule has 1 heterocycles. The van der Waals surface area contributed by atoms with Crippen LogP contribution in [0.1, 0.15) is 23.7 Å². The van der Waals surface area contributed by atoms with E-state index in [0.29, 0.717) is 35.2 Å². The Morgan fingerprint density at radius 2 is 1.71 bits per heavy atom. The first-order chi connectivity index (χ1) is 14.8. The van der Waals surface area contributed by atoms with E-state index in [1.165, 1.54) is 23.9 Å². The Hall–Kier alpha value is -2.87. The quantitative estimate of drug-likeness (QED) is 0.350. The number of amides is 1. The molecule has 0 N–H and O–H groups in total. The van der Waals surface area contributed by atoms with Gasteiger partial charge >= 0.3 is 6.18 Å². The van der Waals surface area contributed by atoms with Crippen LogP contribution in [0.3, 0.4) is 0 Å². The number of hydrogen-bond acceptors (Lipinski definition) is 4. The summed E-state index contributed by atoms with van der Waals surface area (Å²) in [7, 11) is 0. The number of halogens is 3. The molecule has 0 aliphatic carbocycles. The fraction of sp³-hybridized carbons (Fsp3) is 0.261. The van der Waals surface area contributed by atoms with Gasteiger partial charge in [0.25, 0.3) is 0 Å². The summed E-state index contributed by atoms with van der Waals surface area (Å²) < 4.78 is 38.4. The largest absolute Gasteiger partial charge is 0.416 e. The summed E-state index contributed by atoms with van der Waals surface area (Å²) in [6, 6.07) is 16.3. The number of nitrogens with zero attached hydrogens (tertiary/aromatic N) is 3. The van der Waals surface area contributed by atoms with Crippen molar-refractivity contribution in [2.24, 2.45) is 0 Å². The van der Waals surface area contributed by atoms with Crippen LogP contribution in [0, 0.1) is 6.92 Å². The fourth-order valence-corrected chi connectivity index (χ4v) is 3.82. The molecule has 0 radical (unpaired) electrons. The first kappa shape index (κ1) is 22.8. The monoisotopic (exact) mass is 445 g/mol. The molecule has 31 heavy (non-hydrogen) atoms. The molecule has 0 aliphatic rings. The third-order valence-corrected chi connectivity index (χ3v) is 5.49. The average Bonchev–Trinajstić information content (AvgIpc) is 2.75. The molecule has 1 amide bonds. The van der Waals surface area contributed by atoms with Gasteiger partial charge in [0.15, 0.2) is 5.82 Å². The molecule has 4 nitrogen and oxygen atoms in total. The first-order valence-electron chi connectivity index (χ1n) is 9.74. The minimum Gasteiger partial charge on any atom is -0.338 e. The Balaban J connectivity index is 1.69. The highest BCUT2D eigenvalue weighted by Crippen LogP contribution is 2.30. The molecule has 8 heteroatoms. The van der Waals surface area contributed by atoms with Crippen molar-refractivity contribution < 1.29 is 18.0 Å². The van der Waals surface area contributed by atoms with E-state index in [0.717, 1.165) is 17.7 Å². The molecule has 3 rings (SSSR count). The van der Waals surface area contributed by atoms with Gasteiger partial charge in [0.1, 0.15) is 5.03 Å². The van der Waals surface area contributed by atoms with E-state index in [-0.39, 0.29) is 11.7 Å². The van der Waals surface area contributed by atoms with Crippen molar-refractivity contribution in [2.45, 2.75) is 31.6 Å². The Bertz CT molecular complexity index is 1020. The second-order valence-electron chi connectivity index (χ2n) is 6.93. The zero-order chi connectivity index (χ0) is 22.4. The van der Waals surface area contributed by atoms with Crippen molar-refractivity contribution in [3.63, 3.8) is 0 Å². The molecule has 2 aromatic carbocycles. The predicted octanol–water partition coefficient (Wildman–Crippen LogP) is 5.61. The molecule has 162 valence electrons. The number of thioether (sulfide) groups is 1. The lowest BCUT2D eigenvalue weighted by Gasteiger charge is -2.20. The molecule has 0 aliphatic heterocycles. The van der Waals surface area contributed by atoms with Crippen LogP contribution in [-0.2, 0) is 17.5 Å². The van der Waals surface area contributed by atoms with Crippen LogP contribution < -0.4 is 0 Å². The lowest BCUT2D eigenvalue weighted by Crippen LogP contribution is -2.31. The number of alkyl halides is 3. The summed E-state index contributed by atoms with van der Waals surface area (Å²) in [5, 5.41) is 0.603. The van der Waals surface area contributed by atoms with Gasteiger partial charge in [-0.25, -0.2) is 9.97 Å². The van der Waals surface area contributed by atoms with Gasteiger partial charge in [0, 0.05) is 24.3 Å². The van der Waals surface area contributed by atoms with Crippen molar-refractivity contribution in [3.8, 4) is 11.4 Å². The maximum absolute atomic E-state index is 12.8. The summed E-state index contributed by atoms with van der Waals surface area (Å²) in [5.74, 6) is 0.535. The standard InChI is InChI=1S/C23H22F3N3OS/c1-3-29(14-17-7-5-4-6-8-17)21(30)15-31-20-13-16(2)27-22(28-20)18-9-11-19(12-10-18)23(24,25)26/h4-13H,3,14-15H2,1-2H3. The highest BCUT2D eigenvalue weighted by Gasteiger charge is 2.30. The van der Waals surface area contributed by atoms with Gasteiger partial charge in [-0.1, -0.05) is 54.2 Å². The maximum Gasteiger partial charge on any atom is 0.416 e. The lowest BCUT2D eigenvalue weighted by molar-refractivity contribution is -0.137. The number of rotatable bonds is 7. The minimum atomic E-state index is -4.39. The maximum atomic E-state index is 12.8. The highest BCUT2D eigenvalue weighted by atomic mass is 32.2. The predicted molar refractivity (Wildman–Crippen MR) is 115 cm³/mol. The molecule has 0 bridgehead atoms. The number of aromatic nitrogens is 2. The SMILES string of the molecule is CCN(Cc1ccccc1)C(=O)CSc1cc(C)nc(-c2ccc(C(F)(F)F)cc2)n1. The van der Waals surface area contributed by atoms with Gasteiger partial charge < -0.3 is 4.90 Å². The van der Waals surface area contributed by atoms with Gasteiger partial charge in [-0.15, -0.1) is 0 Å². The van der Waals surface area contributed by atoms with E-state index in [1.54, 1.807) is 17.9 Å². The van der Waals surface area contributed by atoms with Gasteiger partial charge in [-0.3, -0.25) is 4.79 Å². The van der Waals surface area contributed by atoms with Crippen LogP contribution in [0.2, 0.25) is 0 Å². The number of carbonyl (C=O) groups is 1. The Labute approximate surface area is 183 Å². The number of hydrogen-bond donors (Lipinski definition) is 0. The third kappa shape index (κ3) is 6.30. The molecule has 0 atom stereocenters. The van der Waals surface area contributed by atoms with Crippen LogP contribution in [0.5, 0.6) is 0 Å². The van der Waals surface area contributed by atoms with E-state index < -0.39 is 11.7 Å². The summed E-state index contributed by atoms with van der Waals surface area (Å²) in [6.07, 6.45) is -4.39. The molecule has 0 unspecified atom stereocenters. The summed E-state index contributed by atoms with van der Waals surface area (Å²) >= 11 is 1.29. The molecule has 0 saturated carbocycles. The van der Waals surface area contributed by atoms with Crippen LogP contribution in [0.25, 0.3) is 11.4 Å². The molecule has 0 spiro atoms. The normalized spacial score (nSPS) is 11.4. The van der Waals surface area contributed by atoms with Gasteiger partial charge in [-0.05, 0) is 37.6 Å². The van der Waals surface area contributed by atoms with E-state index in [1.807, 2.05) is 37.3 Å². The molecular formula is C23H22F3N3OS. The average molecular weight is 446 g/mol. The number of carbonyl (C=O) groups excluding carboxylic acids is 1. The van der Waals surface area contributed by atoms with E-state index in [9.17, 15) is 18.0 Å². The minimum absolute atomic E-state index is 0.0105. The van der Waals surface area contributed by atoms with Crippen LogP contribution >= 0.6 is 11.8 Å². The summed E-state index contributed by atoms with van der Waals surface area (Å²) in [4.78, 5) is 23.2. The van der Waals surface area contributed by atoms with Crippen LogP contribution in [0.15, 0.2) is 65.7 Å². The zero-order valence-electron chi connectivity index (χ0n) is 17.2. The van der Waals surface area contributed by atoms with Gasteiger partial charge in [0.2, 0.25) is 5.91 Å². The zero-order valence-corrected chi connectivity index (χ0v) is 18.0. The van der Waals surface area contributed by atoms with Gasteiger partial charge in [-0.2, -0.15) is 13.2 Å². The molecule has 3 aromatic rings. The molecule has 1 aromatic heterocycles. The second-order valence-corrected chi connectivity index (χ2v) is 7.92. The van der Waals surface area contributed by atoms with Crippen molar-refractivity contribution in [1.82, 2.24) is 14.9 Å². The topological polar surface area (TPSA) is 46.1 Å².